The van der Waals surface area contributed by atoms with Crippen molar-refractivity contribution < 1.29 is 19.1 Å². The van der Waals surface area contributed by atoms with Crippen LogP contribution in [0.25, 0.3) is 0 Å². The van der Waals surface area contributed by atoms with E-state index in [1.54, 1.807) is 56.5 Å². The fourth-order valence-electron chi connectivity index (χ4n) is 2.52. The van der Waals surface area contributed by atoms with Gasteiger partial charge in [0.15, 0.2) is 6.61 Å². The average Bonchev–Trinajstić information content (AvgIpc) is 2.69. The van der Waals surface area contributed by atoms with E-state index in [1.807, 2.05) is 6.07 Å². The van der Waals surface area contributed by atoms with E-state index >= 15 is 0 Å². The number of rotatable bonds is 8. The van der Waals surface area contributed by atoms with Crippen LogP contribution in [0.3, 0.4) is 0 Å². The van der Waals surface area contributed by atoms with Gasteiger partial charge in [-0.2, -0.15) is 0 Å². The van der Waals surface area contributed by atoms with E-state index in [0.29, 0.717) is 16.5 Å². The lowest BCUT2D eigenvalue weighted by atomic mass is 10.1. The van der Waals surface area contributed by atoms with Gasteiger partial charge in [0.2, 0.25) is 5.91 Å². The van der Waals surface area contributed by atoms with Crippen molar-refractivity contribution in [2.24, 2.45) is 0 Å². The molecule has 0 saturated heterocycles. The van der Waals surface area contributed by atoms with Gasteiger partial charge in [-0.3, -0.25) is 9.59 Å². The Balaban J connectivity index is 2.10. The third-order valence-electron chi connectivity index (χ3n) is 4.08. The SMILES string of the molecule is CNC(=O)[C@@H](C)N(Cc1cccc(Cl)c1)C(=O)COc1ccc(OC)cc1. The number of hydrogen-bond acceptors (Lipinski definition) is 4. The van der Waals surface area contributed by atoms with Crippen LogP contribution < -0.4 is 14.8 Å². The molecule has 0 aliphatic heterocycles. The van der Waals surface area contributed by atoms with Crippen LogP contribution in [-0.2, 0) is 16.1 Å². The summed E-state index contributed by atoms with van der Waals surface area (Å²) in [7, 11) is 3.11. The van der Waals surface area contributed by atoms with E-state index in [2.05, 4.69) is 5.32 Å². The summed E-state index contributed by atoms with van der Waals surface area (Å²) < 4.78 is 10.7. The average molecular weight is 391 g/mol. The fourth-order valence-corrected chi connectivity index (χ4v) is 2.74. The fraction of sp³-hybridized carbons (Fsp3) is 0.300. The van der Waals surface area contributed by atoms with Gasteiger partial charge in [-0.15, -0.1) is 0 Å². The van der Waals surface area contributed by atoms with Gasteiger partial charge in [0.05, 0.1) is 7.11 Å². The number of nitrogens with zero attached hydrogens (tertiary/aromatic N) is 1. The van der Waals surface area contributed by atoms with Crippen molar-refractivity contribution in [3.05, 3.63) is 59.1 Å². The van der Waals surface area contributed by atoms with Crippen molar-refractivity contribution in [3.8, 4) is 11.5 Å². The van der Waals surface area contributed by atoms with Crippen LogP contribution in [0.5, 0.6) is 11.5 Å². The van der Waals surface area contributed by atoms with Crippen molar-refractivity contribution in [1.29, 1.82) is 0 Å². The Kier molecular flexibility index (Phi) is 7.49. The molecule has 2 aromatic carbocycles. The first-order valence-electron chi connectivity index (χ1n) is 8.47. The quantitative estimate of drug-likeness (QED) is 0.752. The van der Waals surface area contributed by atoms with E-state index in [1.165, 1.54) is 11.9 Å². The molecule has 0 fully saturated rings. The molecule has 27 heavy (non-hydrogen) atoms. The number of halogens is 1. The second kappa shape index (κ2) is 9.83. The first-order chi connectivity index (χ1) is 12.9. The lowest BCUT2D eigenvalue weighted by Gasteiger charge is -2.28. The second-order valence-electron chi connectivity index (χ2n) is 5.91. The van der Waals surface area contributed by atoms with E-state index in [9.17, 15) is 9.59 Å². The van der Waals surface area contributed by atoms with Crippen molar-refractivity contribution in [2.45, 2.75) is 19.5 Å². The molecule has 0 heterocycles. The molecule has 0 spiro atoms. The molecule has 1 atom stereocenters. The summed E-state index contributed by atoms with van der Waals surface area (Å²) >= 11 is 6.03. The molecule has 2 aromatic rings. The lowest BCUT2D eigenvalue weighted by molar-refractivity contribution is -0.142. The number of hydrogen-bond donors (Lipinski definition) is 1. The van der Waals surface area contributed by atoms with E-state index < -0.39 is 6.04 Å². The van der Waals surface area contributed by atoms with E-state index in [4.69, 9.17) is 21.1 Å². The molecule has 0 aliphatic rings. The summed E-state index contributed by atoms with van der Waals surface area (Å²) in [5, 5.41) is 3.14. The minimum atomic E-state index is -0.652. The Hall–Kier alpha value is -2.73. The Morgan fingerprint density at radius 1 is 1.15 bits per heavy atom. The number of carbonyl (C=O) groups is 2. The molecule has 2 rings (SSSR count). The van der Waals surface area contributed by atoms with Crippen molar-refractivity contribution in [2.75, 3.05) is 20.8 Å². The highest BCUT2D eigenvalue weighted by atomic mass is 35.5. The highest BCUT2D eigenvalue weighted by Crippen LogP contribution is 2.18. The smallest absolute Gasteiger partial charge is 0.261 e. The molecule has 0 aromatic heterocycles. The summed E-state index contributed by atoms with van der Waals surface area (Å²) in [6.45, 7) is 1.74. The summed E-state index contributed by atoms with van der Waals surface area (Å²) in [5.41, 5.74) is 0.830. The van der Waals surface area contributed by atoms with Gasteiger partial charge in [-0.25, -0.2) is 0 Å². The van der Waals surface area contributed by atoms with Crippen LogP contribution in [0.2, 0.25) is 5.02 Å². The topological polar surface area (TPSA) is 67.9 Å². The summed E-state index contributed by atoms with van der Waals surface area (Å²) in [4.78, 5) is 26.3. The van der Waals surface area contributed by atoms with Crippen LogP contribution >= 0.6 is 11.6 Å². The van der Waals surface area contributed by atoms with Gasteiger partial charge in [0.1, 0.15) is 17.5 Å². The molecule has 0 aliphatic carbocycles. The zero-order chi connectivity index (χ0) is 19.8. The molecule has 6 nitrogen and oxygen atoms in total. The van der Waals surface area contributed by atoms with Gasteiger partial charge in [-0.05, 0) is 48.9 Å². The minimum absolute atomic E-state index is 0.186. The van der Waals surface area contributed by atoms with Gasteiger partial charge in [0.25, 0.3) is 5.91 Å². The van der Waals surface area contributed by atoms with Crippen LogP contribution in [0.15, 0.2) is 48.5 Å². The third kappa shape index (κ3) is 5.89. The van der Waals surface area contributed by atoms with Crippen molar-refractivity contribution in [3.63, 3.8) is 0 Å². The number of amides is 2. The largest absolute Gasteiger partial charge is 0.497 e. The van der Waals surface area contributed by atoms with Crippen LogP contribution in [0, 0.1) is 0 Å². The molecule has 2 amide bonds. The van der Waals surface area contributed by atoms with Crippen LogP contribution in [-0.4, -0.2) is 43.5 Å². The molecular formula is C20H23ClN2O4. The van der Waals surface area contributed by atoms with Gasteiger partial charge in [-0.1, -0.05) is 23.7 Å². The monoisotopic (exact) mass is 390 g/mol. The zero-order valence-corrected chi connectivity index (χ0v) is 16.3. The molecule has 0 radical (unpaired) electrons. The highest BCUT2D eigenvalue weighted by Gasteiger charge is 2.25. The van der Waals surface area contributed by atoms with Crippen LogP contribution in [0.4, 0.5) is 0 Å². The normalized spacial score (nSPS) is 11.4. The zero-order valence-electron chi connectivity index (χ0n) is 15.6. The third-order valence-corrected chi connectivity index (χ3v) is 4.31. The summed E-state index contributed by atoms with van der Waals surface area (Å²) in [6, 6.07) is 13.5. The number of likely N-dealkylation sites (N-methyl/N-ethyl adjacent to an activating group) is 1. The molecule has 7 heteroatoms. The van der Waals surface area contributed by atoms with E-state index in [-0.39, 0.29) is 25.0 Å². The lowest BCUT2D eigenvalue weighted by Crippen LogP contribution is -2.48. The summed E-state index contributed by atoms with van der Waals surface area (Å²) in [6.07, 6.45) is 0. The summed E-state index contributed by atoms with van der Waals surface area (Å²) in [5.74, 6) is 0.681. The van der Waals surface area contributed by atoms with Gasteiger partial charge < -0.3 is 19.7 Å². The minimum Gasteiger partial charge on any atom is -0.497 e. The Bertz CT molecular complexity index is 780. The maximum atomic E-state index is 12.8. The molecule has 0 saturated carbocycles. The number of ether oxygens (including phenoxy) is 2. The molecule has 0 bridgehead atoms. The Labute approximate surface area is 164 Å². The predicted octanol–water partition coefficient (Wildman–Crippen LogP) is 2.89. The van der Waals surface area contributed by atoms with Crippen LogP contribution in [0.1, 0.15) is 12.5 Å². The predicted molar refractivity (Wildman–Crippen MR) is 104 cm³/mol. The number of methoxy groups -OCH3 is 1. The van der Waals surface area contributed by atoms with Gasteiger partial charge in [0, 0.05) is 18.6 Å². The standard InChI is InChI=1S/C20H23ClN2O4/c1-14(20(25)22-2)23(12-15-5-4-6-16(21)11-15)19(24)13-27-18-9-7-17(26-3)8-10-18/h4-11,14H,12-13H2,1-3H3,(H,22,25)/t14-/m1/s1. The molecular weight excluding hydrogens is 368 g/mol. The van der Waals surface area contributed by atoms with Crippen molar-refractivity contribution >= 4 is 23.4 Å². The highest BCUT2D eigenvalue weighted by molar-refractivity contribution is 6.30. The van der Waals surface area contributed by atoms with Crippen molar-refractivity contribution in [1.82, 2.24) is 10.2 Å². The van der Waals surface area contributed by atoms with E-state index in [0.717, 1.165) is 5.56 Å². The number of nitrogens with one attached hydrogen (secondary N) is 1. The molecule has 1 N–H and O–H groups in total. The Morgan fingerprint density at radius 3 is 2.41 bits per heavy atom. The van der Waals surface area contributed by atoms with Gasteiger partial charge >= 0.3 is 0 Å². The number of carbonyl (C=O) groups excluding carboxylic acids is 2. The molecule has 144 valence electrons. The Morgan fingerprint density at radius 2 is 1.81 bits per heavy atom. The molecule has 0 unspecified atom stereocenters. The second-order valence-corrected chi connectivity index (χ2v) is 6.34. The first kappa shape index (κ1) is 20.6. The maximum absolute atomic E-state index is 12.8. The maximum Gasteiger partial charge on any atom is 0.261 e. The first-order valence-corrected chi connectivity index (χ1v) is 8.84. The number of benzene rings is 2.